The largest absolute Gasteiger partial charge is 0.339 e. The van der Waals surface area contributed by atoms with E-state index in [2.05, 4.69) is 9.97 Å². The highest BCUT2D eigenvalue weighted by Crippen LogP contribution is 2.27. The molecule has 126 valence electrons. The summed E-state index contributed by atoms with van der Waals surface area (Å²) in [5, 5.41) is 0.348. The minimum Gasteiger partial charge on any atom is -0.339 e. The van der Waals surface area contributed by atoms with Crippen molar-refractivity contribution in [1.29, 1.82) is 0 Å². The van der Waals surface area contributed by atoms with Gasteiger partial charge in [-0.05, 0) is 37.5 Å². The Morgan fingerprint density at radius 2 is 1.68 bits per heavy atom. The van der Waals surface area contributed by atoms with Crippen molar-refractivity contribution < 1.29 is 4.79 Å². The highest BCUT2D eigenvalue weighted by atomic mass is 35.5. The van der Waals surface area contributed by atoms with Gasteiger partial charge in [-0.1, -0.05) is 41.9 Å². The van der Waals surface area contributed by atoms with E-state index in [0.717, 1.165) is 37.0 Å². The first-order valence-electron chi connectivity index (χ1n) is 8.54. The van der Waals surface area contributed by atoms with Crippen molar-refractivity contribution in [2.45, 2.75) is 19.3 Å². The maximum Gasteiger partial charge on any atom is 0.253 e. The molecule has 1 fully saturated rings. The van der Waals surface area contributed by atoms with E-state index in [4.69, 9.17) is 11.6 Å². The Kier molecular flexibility index (Phi) is 4.36. The molecule has 3 aromatic rings. The van der Waals surface area contributed by atoms with Crippen LogP contribution in [0.15, 0.2) is 48.5 Å². The molecule has 0 saturated carbocycles. The van der Waals surface area contributed by atoms with E-state index in [1.165, 1.54) is 6.42 Å². The summed E-state index contributed by atoms with van der Waals surface area (Å²) in [6.07, 6.45) is 3.35. The summed E-state index contributed by atoms with van der Waals surface area (Å²) in [5.41, 5.74) is 3.61. The first kappa shape index (κ1) is 16.0. The molecule has 25 heavy (non-hydrogen) atoms. The van der Waals surface area contributed by atoms with Crippen LogP contribution < -0.4 is 0 Å². The van der Waals surface area contributed by atoms with Gasteiger partial charge in [0.15, 0.2) is 5.15 Å². The Morgan fingerprint density at radius 3 is 2.44 bits per heavy atom. The average Bonchev–Trinajstić information content (AvgIpc) is 2.68. The van der Waals surface area contributed by atoms with Crippen LogP contribution in [0.3, 0.4) is 0 Å². The Hall–Kier alpha value is -2.46. The first-order chi connectivity index (χ1) is 12.2. The van der Waals surface area contributed by atoms with Crippen LogP contribution in [-0.2, 0) is 0 Å². The Balaban J connectivity index is 1.71. The van der Waals surface area contributed by atoms with Gasteiger partial charge in [-0.2, -0.15) is 0 Å². The van der Waals surface area contributed by atoms with E-state index >= 15 is 0 Å². The minimum absolute atomic E-state index is 0.0617. The van der Waals surface area contributed by atoms with Gasteiger partial charge in [0.2, 0.25) is 0 Å². The fourth-order valence-electron chi connectivity index (χ4n) is 3.23. The maximum atomic E-state index is 12.7. The highest BCUT2D eigenvalue weighted by Gasteiger charge is 2.19. The summed E-state index contributed by atoms with van der Waals surface area (Å²) >= 11 is 6.35. The molecular formula is C20H18ClN3O. The minimum atomic E-state index is 0.0617. The number of nitrogens with zero attached hydrogens (tertiary/aromatic N) is 3. The molecular weight excluding hydrogens is 334 g/mol. The van der Waals surface area contributed by atoms with E-state index in [-0.39, 0.29) is 5.91 Å². The van der Waals surface area contributed by atoms with Crippen molar-refractivity contribution in [3.8, 4) is 11.3 Å². The molecule has 1 aliphatic rings. The second-order valence-corrected chi connectivity index (χ2v) is 6.64. The van der Waals surface area contributed by atoms with Crippen LogP contribution in [0, 0.1) is 0 Å². The van der Waals surface area contributed by atoms with Gasteiger partial charge in [0, 0.05) is 24.2 Å². The molecule has 0 spiro atoms. The monoisotopic (exact) mass is 351 g/mol. The van der Waals surface area contributed by atoms with Crippen LogP contribution in [0.2, 0.25) is 5.15 Å². The molecule has 0 radical (unpaired) electrons. The van der Waals surface area contributed by atoms with E-state index in [0.29, 0.717) is 21.9 Å². The number of halogens is 1. The fourth-order valence-corrected chi connectivity index (χ4v) is 3.47. The number of hydrogen-bond acceptors (Lipinski definition) is 3. The number of piperidine rings is 1. The Bertz CT molecular complexity index is 921. The summed E-state index contributed by atoms with van der Waals surface area (Å²) in [4.78, 5) is 23.7. The van der Waals surface area contributed by atoms with Crippen molar-refractivity contribution in [3.63, 3.8) is 0 Å². The first-order valence-corrected chi connectivity index (χ1v) is 8.92. The van der Waals surface area contributed by atoms with Crippen LogP contribution in [-0.4, -0.2) is 33.9 Å². The number of likely N-dealkylation sites (tertiary alicyclic amines) is 1. The molecule has 0 aliphatic carbocycles. The van der Waals surface area contributed by atoms with Gasteiger partial charge in [0.1, 0.15) is 5.69 Å². The van der Waals surface area contributed by atoms with Crippen LogP contribution in [0.4, 0.5) is 0 Å². The third-order valence-corrected chi connectivity index (χ3v) is 4.82. The normalized spacial score (nSPS) is 14.7. The lowest BCUT2D eigenvalue weighted by Crippen LogP contribution is -2.35. The van der Waals surface area contributed by atoms with Crippen LogP contribution >= 0.6 is 11.6 Å². The summed E-state index contributed by atoms with van der Waals surface area (Å²) in [5.74, 6) is 0.0617. The second kappa shape index (κ2) is 6.81. The number of carbonyl (C=O) groups is 1. The molecule has 0 unspecified atom stereocenters. The molecule has 4 nitrogen and oxygen atoms in total. The summed E-state index contributed by atoms with van der Waals surface area (Å²) < 4.78 is 0. The van der Waals surface area contributed by atoms with Crippen molar-refractivity contribution in [2.24, 2.45) is 0 Å². The Labute approximate surface area is 151 Å². The molecule has 2 aromatic carbocycles. The van der Waals surface area contributed by atoms with E-state index in [1.807, 2.05) is 47.4 Å². The third kappa shape index (κ3) is 3.22. The lowest BCUT2D eigenvalue weighted by Gasteiger charge is -2.26. The fraction of sp³-hybridized carbons (Fsp3) is 0.250. The molecule has 0 atom stereocenters. The van der Waals surface area contributed by atoms with Crippen LogP contribution in [0.5, 0.6) is 0 Å². The number of carbonyl (C=O) groups excluding carboxylic acids is 1. The lowest BCUT2D eigenvalue weighted by molar-refractivity contribution is 0.0724. The molecule has 0 bridgehead atoms. The molecule has 1 amide bonds. The molecule has 1 saturated heterocycles. The maximum absolute atomic E-state index is 12.7. The number of rotatable bonds is 2. The zero-order valence-corrected chi connectivity index (χ0v) is 14.5. The number of amides is 1. The summed E-state index contributed by atoms with van der Waals surface area (Å²) in [6, 6.07) is 15.2. The standard InChI is InChI=1S/C20H18ClN3O/c21-19-18(14-7-3-1-4-8-14)22-16-10-9-15(13-17(16)23-19)20(25)24-11-5-2-6-12-24/h1,3-4,7-10,13H,2,5-6,11-12H2. The molecule has 0 N–H and O–H groups in total. The van der Waals surface area contributed by atoms with Gasteiger partial charge in [-0.3, -0.25) is 4.79 Å². The second-order valence-electron chi connectivity index (χ2n) is 6.29. The third-order valence-electron chi connectivity index (χ3n) is 4.56. The smallest absolute Gasteiger partial charge is 0.253 e. The molecule has 1 aromatic heterocycles. The number of aromatic nitrogens is 2. The van der Waals surface area contributed by atoms with E-state index < -0.39 is 0 Å². The zero-order chi connectivity index (χ0) is 17.2. The van der Waals surface area contributed by atoms with Crippen LogP contribution in [0.1, 0.15) is 29.6 Å². The lowest BCUT2D eigenvalue weighted by atomic mass is 10.1. The topological polar surface area (TPSA) is 46.1 Å². The molecule has 5 heteroatoms. The highest BCUT2D eigenvalue weighted by molar-refractivity contribution is 6.32. The molecule has 4 rings (SSSR count). The van der Waals surface area contributed by atoms with Gasteiger partial charge in [0.25, 0.3) is 5.91 Å². The van der Waals surface area contributed by atoms with Gasteiger partial charge in [-0.25, -0.2) is 9.97 Å². The predicted octanol–water partition coefficient (Wildman–Crippen LogP) is 4.58. The van der Waals surface area contributed by atoms with Gasteiger partial charge in [0.05, 0.1) is 11.0 Å². The number of benzene rings is 2. The SMILES string of the molecule is O=C(c1ccc2nc(-c3ccccc3)c(Cl)nc2c1)N1CCCCC1. The van der Waals surface area contributed by atoms with Gasteiger partial charge in [-0.15, -0.1) is 0 Å². The van der Waals surface area contributed by atoms with E-state index in [9.17, 15) is 4.79 Å². The predicted molar refractivity (Wildman–Crippen MR) is 99.7 cm³/mol. The van der Waals surface area contributed by atoms with Crippen molar-refractivity contribution >= 4 is 28.5 Å². The van der Waals surface area contributed by atoms with Crippen molar-refractivity contribution in [2.75, 3.05) is 13.1 Å². The van der Waals surface area contributed by atoms with Crippen molar-refractivity contribution in [3.05, 3.63) is 59.2 Å². The quantitative estimate of drug-likeness (QED) is 0.679. The van der Waals surface area contributed by atoms with Crippen molar-refractivity contribution in [1.82, 2.24) is 14.9 Å². The zero-order valence-electron chi connectivity index (χ0n) is 13.8. The number of hydrogen-bond donors (Lipinski definition) is 0. The summed E-state index contributed by atoms with van der Waals surface area (Å²) in [6.45, 7) is 1.66. The number of fused-ring (bicyclic) bond motifs is 1. The van der Waals surface area contributed by atoms with E-state index in [1.54, 1.807) is 6.07 Å². The van der Waals surface area contributed by atoms with Crippen LogP contribution in [0.25, 0.3) is 22.3 Å². The Morgan fingerprint density at radius 1 is 0.920 bits per heavy atom. The van der Waals surface area contributed by atoms with Gasteiger partial charge >= 0.3 is 0 Å². The molecule has 2 heterocycles. The van der Waals surface area contributed by atoms with Gasteiger partial charge < -0.3 is 4.90 Å². The molecule has 1 aliphatic heterocycles. The summed E-state index contributed by atoms with van der Waals surface area (Å²) in [7, 11) is 0. The average molecular weight is 352 g/mol.